The van der Waals surface area contributed by atoms with Crippen molar-refractivity contribution in [2.75, 3.05) is 0 Å². The molecule has 0 aliphatic carbocycles. The predicted octanol–water partition coefficient (Wildman–Crippen LogP) is 1.83. The van der Waals surface area contributed by atoms with Gasteiger partial charge in [-0.05, 0) is 12.3 Å². The van der Waals surface area contributed by atoms with Crippen LogP contribution in [0.1, 0.15) is 37.1 Å². The average Bonchev–Trinajstić information content (AvgIpc) is 2.60. The van der Waals surface area contributed by atoms with Crippen molar-refractivity contribution in [3.8, 4) is 0 Å². The first-order valence-electron chi connectivity index (χ1n) is 5.72. The molecule has 1 amide bonds. The van der Waals surface area contributed by atoms with Gasteiger partial charge in [-0.2, -0.15) is 0 Å². The third-order valence-corrected chi connectivity index (χ3v) is 3.54. The van der Waals surface area contributed by atoms with E-state index < -0.39 is 0 Å². The fraction of sp³-hybridized carbons (Fsp3) is 0.667. The Hall–Kier alpha value is -0.940. The lowest BCUT2D eigenvalue weighted by Gasteiger charge is -2.26. The maximum Gasteiger partial charge on any atom is 0.221 e. The molecule has 1 unspecified atom stereocenters. The number of aromatic nitrogens is 1. The molecule has 1 rings (SSSR count). The Kier molecular flexibility index (Phi) is 4.65. The molecule has 0 radical (unpaired) electrons. The number of thiazole rings is 1. The average molecular weight is 255 g/mol. The standard InChI is InChI=1S/C12H21N3OS/c1-8-6-15-11(17-8)7-14-10(16)5-9(13)12(2,3)4/h6,9H,5,7,13H2,1-4H3,(H,14,16). The third-order valence-electron chi connectivity index (χ3n) is 2.62. The number of hydrogen-bond donors (Lipinski definition) is 2. The number of rotatable bonds is 4. The maximum absolute atomic E-state index is 11.7. The molecule has 5 heteroatoms. The Morgan fingerprint density at radius 2 is 2.24 bits per heavy atom. The molecule has 1 heterocycles. The minimum absolute atomic E-state index is 0.0136. The number of nitrogens with one attached hydrogen (secondary N) is 1. The van der Waals surface area contributed by atoms with Gasteiger partial charge in [0.15, 0.2) is 0 Å². The second-order valence-corrected chi connectivity index (χ2v) is 6.64. The SMILES string of the molecule is Cc1cnc(CNC(=O)CC(N)C(C)(C)C)s1. The van der Waals surface area contributed by atoms with Crippen LogP contribution < -0.4 is 11.1 Å². The van der Waals surface area contributed by atoms with E-state index in [2.05, 4.69) is 10.3 Å². The number of nitrogens with two attached hydrogens (primary N) is 1. The molecular formula is C12H21N3OS. The number of aryl methyl sites for hydroxylation is 1. The molecule has 0 saturated heterocycles. The monoisotopic (exact) mass is 255 g/mol. The molecule has 1 aromatic rings. The smallest absolute Gasteiger partial charge is 0.221 e. The van der Waals surface area contributed by atoms with E-state index in [0.717, 1.165) is 9.88 Å². The predicted molar refractivity (Wildman–Crippen MR) is 70.7 cm³/mol. The van der Waals surface area contributed by atoms with Gasteiger partial charge in [0, 0.05) is 23.5 Å². The van der Waals surface area contributed by atoms with Crippen LogP contribution in [-0.2, 0) is 11.3 Å². The second kappa shape index (κ2) is 5.60. The molecule has 96 valence electrons. The quantitative estimate of drug-likeness (QED) is 0.862. The third kappa shape index (κ3) is 4.83. The van der Waals surface area contributed by atoms with Crippen molar-refractivity contribution in [2.24, 2.45) is 11.1 Å². The van der Waals surface area contributed by atoms with Crippen LogP contribution in [-0.4, -0.2) is 16.9 Å². The zero-order valence-corrected chi connectivity index (χ0v) is 11.7. The van der Waals surface area contributed by atoms with Gasteiger partial charge in [-0.3, -0.25) is 4.79 Å². The Labute approximate surface area is 107 Å². The van der Waals surface area contributed by atoms with Gasteiger partial charge >= 0.3 is 0 Å². The van der Waals surface area contributed by atoms with E-state index in [9.17, 15) is 4.79 Å². The summed E-state index contributed by atoms with van der Waals surface area (Å²) in [6.45, 7) is 8.60. The van der Waals surface area contributed by atoms with Gasteiger partial charge in [0.05, 0.1) is 6.54 Å². The maximum atomic E-state index is 11.7. The number of carbonyl (C=O) groups is 1. The Balaban J connectivity index is 2.36. The molecule has 0 aliphatic rings. The number of nitrogens with zero attached hydrogens (tertiary/aromatic N) is 1. The molecule has 4 nitrogen and oxygen atoms in total. The molecule has 17 heavy (non-hydrogen) atoms. The Morgan fingerprint density at radius 1 is 1.59 bits per heavy atom. The van der Waals surface area contributed by atoms with Crippen LogP contribution in [0.2, 0.25) is 0 Å². The highest BCUT2D eigenvalue weighted by molar-refractivity contribution is 7.11. The molecule has 1 aromatic heterocycles. The number of carbonyl (C=O) groups excluding carboxylic acids is 1. The van der Waals surface area contributed by atoms with Crippen molar-refractivity contribution in [1.82, 2.24) is 10.3 Å². The van der Waals surface area contributed by atoms with E-state index in [1.165, 1.54) is 0 Å². The fourth-order valence-electron chi connectivity index (χ4n) is 1.24. The van der Waals surface area contributed by atoms with E-state index in [0.29, 0.717) is 13.0 Å². The van der Waals surface area contributed by atoms with Gasteiger partial charge in [0.2, 0.25) is 5.91 Å². The van der Waals surface area contributed by atoms with Gasteiger partial charge in [-0.25, -0.2) is 4.98 Å². The summed E-state index contributed by atoms with van der Waals surface area (Å²) in [7, 11) is 0. The summed E-state index contributed by atoms with van der Waals surface area (Å²) in [5.41, 5.74) is 5.90. The zero-order valence-electron chi connectivity index (χ0n) is 10.9. The number of amides is 1. The van der Waals surface area contributed by atoms with E-state index in [4.69, 9.17) is 5.73 Å². The summed E-state index contributed by atoms with van der Waals surface area (Å²) in [6.07, 6.45) is 2.17. The van der Waals surface area contributed by atoms with Crippen molar-refractivity contribution in [3.63, 3.8) is 0 Å². The largest absolute Gasteiger partial charge is 0.350 e. The Bertz CT molecular complexity index is 381. The molecule has 0 bridgehead atoms. The topological polar surface area (TPSA) is 68.0 Å². The summed E-state index contributed by atoms with van der Waals surface area (Å²) in [4.78, 5) is 17.0. The lowest BCUT2D eigenvalue weighted by molar-refractivity contribution is -0.122. The van der Waals surface area contributed by atoms with Gasteiger partial charge in [-0.1, -0.05) is 20.8 Å². The first kappa shape index (κ1) is 14.1. The summed E-state index contributed by atoms with van der Waals surface area (Å²) in [6, 6.07) is -0.125. The minimum Gasteiger partial charge on any atom is -0.350 e. The number of hydrogen-bond acceptors (Lipinski definition) is 4. The highest BCUT2D eigenvalue weighted by atomic mass is 32.1. The van der Waals surface area contributed by atoms with Gasteiger partial charge in [0.1, 0.15) is 5.01 Å². The van der Waals surface area contributed by atoms with Crippen LogP contribution in [0, 0.1) is 12.3 Å². The minimum atomic E-state index is -0.125. The van der Waals surface area contributed by atoms with Crippen molar-refractivity contribution in [3.05, 3.63) is 16.1 Å². The van der Waals surface area contributed by atoms with Crippen molar-refractivity contribution in [1.29, 1.82) is 0 Å². The van der Waals surface area contributed by atoms with Crippen LogP contribution in [0.3, 0.4) is 0 Å². The second-order valence-electron chi connectivity index (χ2n) is 5.32. The van der Waals surface area contributed by atoms with Crippen molar-refractivity contribution < 1.29 is 4.79 Å². The van der Waals surface area contributed by atoms with Crippen molar-refractivity contribution in [2.45, 2.75) is 46.7 Å². The Morgan fingerprint density at radius 3 is 2.71 bits per heavy atom. The van der Waals surface area contributed by atoms with E-state index in [1.54, 1.807) is 11.3 Å². The molecule has 0 fully saturated rings. The summed E-state index contributed by atoms with van der Waals surface area (Å²) in [5, 5.41) is 3.77. The van der Waals surface area contributed by atoms with Crippen LogP contribution in [0.5, 0.6) is 0 Å². The van der Waals surface area contributed by atoms with Gasteiger partial charge in [0.25, 0.3) is 0 Å². The van der Waals surface area contributed by atoms with Crippen LogP contribution in [0.15, 0.2) is 6.20 Å². The van der Waals surface area contributed by atoms with E-state index >= 15 is 0 Å². The summed E-state index contributed by atoms with van der Waals surface area (Å²) >= 11 is 1.60. The molecular weight excluding hydrogens is 234 g/mol. The first-order chi connectivity index (χ1) is 7.79. The highest BCUT2D eigenvalue weighted by Crippen LogP contribution is 2.19. The molecule has 0 saturated carbocycles. The van der Waals surface area contributed by atoms with Crippen molar-refractivity contribution >= 4 is 17.2 Å². The molecule has 0 aromatic carbocycles. The molecule has 1 atom stereocenters. The summed E-state index contributed by atoms with van der Waals surface area (Å²) in [5.74, 6) is -0.0136. The fourth-order valence-corrected chi connectivity index (χ4v) is 1.96. The lowest BCUT2D eigenvalue weighted by Crippen LogP contribution is -2.40. The van der Waals surface area contributed by atoms with Crippen LogP contribution in [0.4, 0.5) is 0 Å². The first-order valence-corrected chi connectivity index (χ1v) is 6.54. The van der Waals surface area contributed by atoms with E-state index in [1.807, 2.05) is 33.9 Å². The van der Waals surface area contributed by atoms with Gasteiger partial charge < -0.3 is 11.1 Å². The molecule has 0 spiro atoms. The summed E-state index contributed by atoms with van der Waals surface area (Å²) < 4.78 is 0. The van der Waals surface area contributed by atoms with Crippen LogP contribution >= 0.6 is 11.3 Å². The van der Waals surface area contributed by atoms with E-state index in [-0.39, 0.29) is 17.4 Å². The lowest BCUT2D eigenvalue weighted by atomic mass is 9.85. The highest BCUT2D eigenvalue weighted by Gasteiger charge is 2.22. The molecule has 0 aliphatic heterocycles. The van der Waals surface area contributed by atoms with Crippen LogP contribution in [0.25, 0.3) is 0 Å². The van der Waals surface area contributed by atoms with Gasteiger partial charge in [-0.15, -0.1) is 11.3 Å². The normalized spacial score (nSPS) is 13.5. The molecule has 3 N–H and O–H groups in total. The zero-order chi connectivity index (χ0) is 13.1.